The van der Waals surface area contributed by atoms with Gasteiger partial charge in [-0.15, -0.1) is 0 Å². The first-order chi connectivity index (χ1) is 13.1. The van der Waals surface area contributed by atoms with Crippen LogP contribution in [0.2, 0.25) is 0 Å². The number of hydrogen-bond acceptors (Lipinski definition) is 3. The maximum absolute atomic E-state index is 12.4. The number of carbonyl (C=O) groups is 2. The number of nitrogens with one attached hydrogen (secondary N) is 3. The Hall–Kier alpha value is -2.66. The molecule has 2 amide bonds. The molecule has 5 nitrogen and oxygen atoms in total. The maximum Gasteiger partial charge on any atom is 0.251 e. The van der Waals surface area contributed by atoms with Gasteiger partial charge in [0.05, 0.1) is 0 Å². The van der Waals surface area contributed by atoms with E-state index in [4.69, 9.17) is 0 Å². The first-order valence-electron chi connectivity index (χ1n) is 9.53. The van der Waals surface area contributed by atoms with E-state index in [-0.39, 0.29) is 17.7 Å². The van der Waals surface area contributed by atoms with Crippen molar-refractivity contribution in [3.05, 3.63) is 70.8 Å². The Kier molecular flexibility index (Phi) is 6.60. The van der Waals surface area contributed by atoms with Gasteiger partial charge in [-0.1, -0.05) is 42.0 Å². The van der Waals surface area contributed by atoms with Crippen molar-refractivity contribution in [1.82, 2.24) is 16.0 Å². The summed E-state index contributed by atoms with van der Waals surface area (Å²) in [7, 11) is 0. The Morgan fingerprint density at radius 1 is 0.963 bits per heavy atom. The van der Waals surface area contributed by atoms with E-state index in [2.05, 4.69) is 16.0 Å². The van der Waals surface area contributed by atoms with Crippen LogP contribution in [0.15, 0.2) is 48.5 Å². The lowest BCUT2D eigenvalue weighted by molar-refractivity contribution is -0.125. The van der Waals surface area contributed by atoms with Crippen molar-refractivity contribution in [2.75, 3.05) is 13.1 Å². The molecule has 0 saturated carbocycles. The Balaban J connectivity index is 1.52. The quantitative estimate of drug-likeness (QED) is 0.737. The van der Waals surface area contributed by atoms with E-state index in [1.54, 1.807) is 6.07 Å². The van der Waals surface area contributed by atoms with Crippen LogP contribution in [0.4, 0.5) is 0 Å². The standard InChI is InChI=1S/C22H27N3O2/c1-16-5-7-17(8-6-16)14-24-22(27)20-4-2-3-18(13-20)15-25-21(26)19-9-11-23-12-10-19/h2-8,13,19,23H,9-12,14-15H2,1H3,(H,24,27)(H,25,26). The van der Waals surface area contributed by atoms with Gasteiger partial charge in [-0.3, -0.25) is 9.59 Å². The number of benzene rings is 2. The van der Waals surface area contributed by atoms with E-state index < -0.39 is 0 Å². The number of aryl methyl sites for hydroxylation is 1. The average Bonchev–Trinajstić information content (AvgIpc) is 2.72. The zero-order valence-electron chi connectivity index (χ0n) is 15.8. The van der Waals surface area contributed by atoms with E-state index in [1.807, 2.05) is 49.4 Å². The third-order valence-corrected chi connectivity index (χ3v) is 4.94. The van der Waals surface area contributed by atoms with E-state index in [1.165, 1.54) is 5.56 Å². The molecule has 0 radical (unpaired) electrons. The molecule has 0 aliphatic carbocycles. The zero-order chi connectivity index (χ0) is 19.1. The van der Waals surface area contributed by atoms with Crippen molar-refractivity contribution in [3.8, 4) is 0 Å². The van der Waals surface area contributed by atoms with Gasteiger partial charge in [0.25, 0.3) is 5.91 Å². The summed E-state index contributed by atoms with van der Waals surface area (Å²) in [5, 5.41) is 9.21. The summed E-state index contributed by atoms with van der Waals surface area (Å²) in [6, 6.07) is 15.5. The van der Waals surface area contributed by atoms with Gasteiger partial charge < -0.3 is 16.0 Å². The van der Waals surface area contributed by atoms with E-state index >= 15 is 0 Å². The van der Waals surface area contributed by atoms with Crippen LogP contribution in [0.3, 0.4) is 0 Å². The molecule has 0 atom stereocenters. The average molecular weight is 365 g/mol. The molecule has 142 valence electrons. The zero-order valence-corrected chi connectivity index (χ0v) is 15.8. The first kappa shape index (κ1) is 19.1. The Labute approximate surface area is 160 Å². The Morgan fingerprint density at radius 2 is 1.67 bits per heavy atom. The van der Waals surface area contributed by atoms with Gasteiger partial charge in [-0.05, 0) is 56.1 Å². The van der Waals surface area contributed by atoms with Crippen molar-refractivity contribution in [2.24, 2.45) is 5.92 Å². The molecule has 5 heteroatoms. The summed E-state index contributed by atoms with van der Waals surface area (Å²) in [6.45, 7) is 4.78. The SMILES string of the molecule is Cc1ccc(CNC(=O)c2cccc(CNC(=O)C3CCNCC3)c2)cc1. The second kappa shape index (κ2) is 9.33. The van der Waals surface area contributed by atoms with Crippen LogP contribution < -0.4 is 16.0 Å². The van der Waals surface area contributed by atoms with Crippen LogP contribution in [-0.2, 0) is 17.9 Å². The van der Waals surface area contributed by atoms with E-state index in [0.717, 1.165) is 37.1 Å². The molecule has 1 aliphatic rings. The predicted octanol–water partition coefficient (Wildman–Crippen LogP) is 2.54. The molecular weight excluding hydrogens is 338 g/mol. The predicted molar refractivity (Wildman–Crippen MR) is 106 cm³/mol. The number of rotatable bonds is 6. The highest BCUT2D eigenvalue weighted by Gasteiger charge is 2.20. The van der Waals surface area contributed by atoms with Gasteiger partial charge in [0, 0.05) is 24.6 Å². The lowest BCUT2D eigenvalue weighted by Gasteiger charge is -2.21. The fraction of sp³-hybridized carbons (Fsp3) is 0.364. The molecule has 0 spiro atoms. The molecular formula is C22H27N3O2. The van der Waals surface area contributed by atoms with Crippen LogP contribution >= 0.6 is 0 Å². The fourth-order valence-electron chi connectivity index (χ4n) is 3.23. The molecule has 1 fully saturated rings. The molecule has 1 aliphatic heterocycles. The summed E-state index contributed by atoms with van der Waals surface area (Å²) in [5.41, 5.74) is 3.81. The van der Waals surface area contributed by atoms with Gasteiger partial charge in [-0.25, -0.2) is 0 Å². The summed E-state index contributed by atoms with van der Waals surface area (Å²) in [6.07, 6.45) is 1.76. The molecule has 2 aromatic carbocycles. The first-order valence-corrected chi connectivity index (χ1v) is 9.53. The molecule has 3 N–H and O–H groups in total. The second-order valence-electron chi connectivity index (χ2n) is 7.11. The fourth-order valence-corrected chi connectivity index (χ4v) is 3.23. The maximum atomic E-state index is 12.4. The van der Waals surface area contributed by atoms with E-state index in [9.17, 15) is 9.59 Å². The Morgan fingerprint density at radius 3 is 2.41 bits per heavy atom. The van der Waals surface area contributed by atoms with Crippen molar-refractivity contribution >= 4 is 11.8 Å². The van der Waals surface area contributed by atoms with Crippen LogP contribution in [0, 0.1) is 12.8 Å². The summed E-state index contributed by atoms with van der Waals surface area (Å²) >= 11 is 0. The van der Waals surface area contributed by atoms with Crippen LogP contribution in [0.25, 0.3) is 0 Å². The monoisotopic (exact) mass is 365 g/mol. The van der Waals surface area contributed by atoms with Crippen molar-refractivity contribution in [3.63, 3.8) is 0 Å². The summed E-state index contributed by atoms with van der Waals surface area (Å²) < 4.78 is 0. The Bertz CT molecular complexity index is 780. The van der Waals surface area contributed by atoms with Gasteiger partial charge >= 0.3 is 0 Å². The van der Waals surface area contributed by atoms with Crippen molar-refractivity contribution < 1.29 is 9.59 Å². The van der Waals surface area contributed by atoms with Crippen molar-refractivity contribution in [1.29, 1.82) is 0 Å². The molecule has 0 unspecified atom stereocenters. The number of piperidine rings is 1. The number of amides is 2. The molecule has 3 rings (SSSR count). The summed E-state index contributed by atoms with van der Waals surface area (Å²) in [4.78, 5) is 24.7. The van der Waals surface area contributed by atoms with Gasteiger partial charge in [-0.2, -0.15) is 0 Å². The molecule has 2 aromatic rings. The lowest BCUT2D eigenvalue weighted by Crippen LogP contribution is -2.37. The van der Waals surface area contributed by atoms with Gasteiger partial charge in [0.2, 0.25) is 5.91 Å². The van der Waals surface area contributed by atoms with Crippen LogP contribution in [-0.4, -0.2) is 24.9 Å². The number of hydrogen-bond donors (Lipinski definition) is 3. The molecule has 0 bridgehead atoms. The normalized spacial score (nSPS) is 14.6. The van der Waals surface area contributed by atoms with Crippen LogP contribution in [0.5, 0.6) is 0 Å². The topological polar surface area (TPSA) is 70.2 Å². The third kappa shape index (κ3) is 5.66. The van der Waals surface area contributed by atoms with E-state index in [0.29, 0.717) is 18.7 Å². The molecule has 0 aromatic heterocycles. The molecule has 27 heavy (non-hydrogen) atoms. The smallest absolute Gasteiger partial charge is 0.251 e. The van der Waals surface area contributed by atoms with Crippen LogP contribution in [0.1, 0.15) is 39.9 Å². The molecule has 1 heterocycles. The second-order valence-corrected chi connectivity index (χ2v) is 7.11. The lowest BCUT2D eigenvalue weighted by atomic mass is 9.97. The minimum Gasteiger partial charge on any atom is -0.352 e. The highest BCUT2D eigenvalue weighted by molar-refractivity contribution is 5.94. The van der Waals surface area contributed by atoms with Crippen molar-refractivity contribution in [2.45, 2.75) is 32.9 Å². The third-order valence-electron chi connectivity index (χ3n) is 4.94. The summed E-state index contributed by atoms with van der Waals surface area (Å²) in [5.74, 6) is 0.0834. The highest BCUT2D eigenvalue weighted by atomic mass is 16.2. The van der Waals surface area contributed by atoms with Gasteiger partial charge in [0.1, 0.15) is 0 Å². The van der Waals surface area contributed by atoms with Gasteiger partial charge in [0.15, 0.2) is 0 Å². The largest absolute Gasteiger partial charge is 0.352 e. The molecule has 1 saturated heterocycles. The minimum absolute atomic E-state index is 0.0900. The highest BCUT2D eigenvalue weighted by Crippen LogP contribution is 2.12. The number of carbonyl (C=O) groups excluding carboxylic acids is 2. The minimum atomic E-state index is -0.109.